The maximum absolute atomic E-state index is 12.9. The number of rotatable bonds is 4. The minimum Gasteiger partial charge on any atom is -0.336 e. The average molecular weight is 447 g/mol. The van der Waals surface area contributed by atoms with Gasteiger partial charge < -0.3 is 4.90 Å². The van der Waals surface area contributed by atoms with E-state index in [1.807, 2.05) is 0 Å². The van der Waals surface area contributed by atoms with Crippen molar-refractivity contribution in [3.8, 4) is 0 Å². The highest BCUT2D eigenvalue weighted by molar-refractivity contribution is 7.15. The Hall–Kier alpha value is -3.92. The second kappa shape index (κ2) is 7.97. The Morgan fingerprint density at radius 3 is 2.44 bits per heavy atom. The second-order valence-electron chi connectivity index (χ2n) is 7.37. The minimum absolute atomic E-state index is 0.290. The first-order chi connectivity index (χ1) is 15.5. The van der Waals surface area contributed by atoms with Crippen molar-refractivity contribution in [2.24, 2.45) is 0 Å². The van der Waals surface area contributed by atoms with Crippen LogP contribution < -0.4 is 5.32 Å². The third-order valence-corrected chi connectivity index (χ3v) is 6.37. The molecule has 5 rings (SSSR count). The van der Waals surface area contributed by atoms with Gasteiger partial charge in [-0.15, -0.1) is 0 Å². The highest BCUT2D eigenvalue weighted by Crippen LogP contribution is 2.29. The number of fused-ring (bicyclic) bond motifs is 2. The topological polar surface area (TPSA) is 113 Å². The van der Waals surface area contributed by atoms with E-state index in [0.29, 0.717) is 41.5 Å². The van der Waals surface area contributed by atoms with Gasteiger partial charge in [0.2, 0.25) is 5.91 Å². The molecule has 0 aliphatic carbocycles. The number of carbonyl (C=O) groups excluding carboxylic acids is 4. The molecule has 2 aromatic heterocycles. The number of carbonyl (C=O) groups is 4. The SMILES string of the molecule is O=C(Nc1nc2c(s1)CN(C(=O)CN1C(=O)c3ccccc3C1=O)CC2)c1ccccn1. The quantitative estimate of drug-likeness (QED) is 0.612. The van der Waals surface area contributed by atoms with E-state index in [9.17, 15) is 19.2 Å². The van der Waals surface area contributed by atoms with Gasteiger partial charge in [-0.2, -0.15) is 0 Å². The number of hydrogen-bond acceptors (Lipinski definition) is 7. The zero-order valence-corrected chi connectivity index (χ0v) is 17.6. The molecule has 9 nitrogen and oxygen atoms in total. The Labute approximate surface area is 186 Å². The molecule has 2 aliphatic heterocycles. The van der Waals surface area contributed by atoms with Crippen molar-refractivity contribution < 1.29 is 19.2 Å². The van der Waals surface area contributed by atoms with Crippen LogP contribution in [0.25, 0.3) is 0 Å². The summed E-state index contributed by atoms with van der Waals surface area (Å²) in [7, 11) is 0. The van der Waals surface area contributed by atoms with Crippen LogP contribution in [-0.4, -0.2) is 56.5 Å². The van der Waals surface area contributed by atoms with Gasteiger partial charge in [-0.1, -0.05) is 29.5 Å². The number of hydrogen-bond donors (Lipinski definition) is 1. The van der Waals surface area contributed by atoms with Crippen LogP contribution in [0.2, 0.25) is 0 Å². The van der Waals surface area contributed by atoms with Gasteiger partial charge in [-0.05, 0) is 24.3 Å². The molecule has 4 heterocycles. The number of imide groups is 1. The zero-order chi connectivity index (χ0) is 22.2. The Morgan fingerprint density at radius 1 is 1.03 bits per heavy atom. The van der Waals surface area contributed by atoms with Gasteiger partial charge in [0.1, 0.15) is 12.2 Å². The van der Waals surface area contributed by atoms with E-state index in [1.165, 1.54) is 11.3 Å². The summed E-state index contributed by atoms with van der Waals surface area (Å²) < 4.78 is 0. The fraction of sp³-hybridized carbons (Fsp3) is 0.182. The lowest BCUT2D eigenvalue weighted by molar-refractivity contribution is -0.132. The van der Waals surface area contributed by atoms with Crippen LogP contribution >= 0.6 is 11.3 Å². The molecule has 0 radical (unpaired) electrons. The molecular weight excluding hydrogens is 430 g/mol. The van der Waals surface area contributed by atoms with E-state index in [1.54, 1.807) is 53.6 Å². The predicted octanol–water partition coefficient (Wildman–Crippen LogP) is 1.97. The number of nitrogens with one attached hydrogen (secondary N) is 1. The summed E-state index contributed by atoms with van der Waals surface area (Å²) in [5.74, 6) is -1.56. The largest absolute Gasteiger partial charge is 0.336 e. The molecule has 0 atom stereocenters. The van der Waals surface area contributed by atoms with E-state index in [2.05, 4.69) is 15.3 Å². The van der Waals surface area contributed by atoms with Crippen molar-refractivity contribution in [3.05, 3.63) is 76.1 Å². The van der Waals surface area contributed by atoms with E-state index in [4.69, 9.17) is 0 Å². The lowest BCUT2D eigenvalue weighted by Gasteiger charge is -2.27. The molecule has 0 saturated carbocycles. The van der Waals surface area contributed by atoms with Gasteiger partial charge in [0.25, 0.3) is 17.7 Å². The molecule has 0 fully saturated rings. The molecule has 160 valence electrons. The number of nitrogens with zero attached hydrogens (tertiary/aromatic N) is 4. The Morgan fingerprint density at radius 2 is 1.75 bits per heavy atom. The highest BCUT2D eigenvalue weighted by atomic mass is 32.1. The molecule has 1 aromatic carbocycles. The zero-order valence-electron chi connectivity index (χ0n) is 16.8. The van der Waals surface area contributed by atoms with E-state index >= 15 is 0 Å². The molecule has 10 heteroatoms. The lowest BCUT2D eigenvalue weighted by atomic mass is 10.1. The normalized spacial score (nSPS) is 14.9. The molecule has 4 amide bonds. The Balaban J connectivity index is 1.25. The Kier molecular flexibility index (Phi) is 4.98. The first-order valence-corrected chi connectivity index (χ1v) is 10.8. The van der Waals surface area contributed by atoms with Crippen molar-refractivity contribution >= 4 is 40.1 Å². The van der Waals surface area contributed by atoms with Crippen LogP contribution in [0.4, 0.5) is 5.13 Å². The lowest BCUT2D eigenvalue weighted by Crippen LogP contribution is -2.44. The number of pyridine rings is 1. The molecule has 0 spiro atoms. The fourth-order valence-corrected chi connectivity index (χ4v) is 4.76. The van der Waals surface area contributed by atoms with Gasteiger partial charge in [0.15, 0.2) is 5.13 Å². The molecule has 1 N–H and O–H groups in total. The van der Waals surface area contributed by atoms with Crippen LogP contribution in [0.1, 0.15) is 41.8 Å². The summed E-state index contributed by atoms with van der Waals surface area (Å²) >= 11 is 1.30. The van der Waals surface area contributed by atoms with E-state index in [0.717, 1.165) is 15.5 Å². The third kappa shape index (κ3) is 3.54. The van der Waals surface area contributed by atoms with Crippen LogP contribution in [0, 0.1) is 0 Å². The van der Waals surface area contributed by atoms with Crippen LogP contribution in [0.3, 0.4) is 0 Å². The summed E-state index contributed by atoms with van der Waals surface area (Å²) in [6.07, 6.45) is 2.07. The molecule has 32 heavy (non-hydrogen) atoms. The highest BCUT2D eigenvalue weighted by Gasteiger charge is 2.37. The molecule has 0 bridgehead atoms. The van der Waals surface area contributed by atoms with Crippen LogP contribution in [0.5, 0.6) is 0 Å². The van der Waals surface area contributed by atoms with Gasteiger partial charge in [0.05, 0.1) is 23.4 Å². The first kappa shape index (κ1) is 20.0. The smallest absolute Gasteiger partial charge is 0.276 e. The van der Waals surface area contributed by atoms with Gasteiger partial charge in [-0.3, -0.25) is 34.4 Å². The molecule has 3 aromatic rings. The van der Waals surface area contributed by atoms with E-state index < -0.39 is 11.8 Å². The predicted molar refractivity (Wildman–Crippen MR) is 115 cm³/mol. The maximum Gasteiger partial charge on any atom is 0.276 e. The molecular formula is C22H17N5O4S. The summed E-state index contributed by atoms with van der Waals surface area (Å²) in [5, 5.41) is 3.19. The fourth-order valence-electron chi connectivity index (χ4n) is 3.74. The number of thiazole rings is 1. The average Bonchev–Trinajstić information content (AvgIpc) is 3.33. The molecule has 2 aliphatic rings. The number of anilines is 1. The second-order valence-corrected chi connectivity index (χ2v) is 8.45. The summed E-state index contributed by atoms with van der Waals surface area (Å²) in [6, 6.07) is 11.6. The van der Waals surface area contributed by atoms with Crippen LogP contribution in [0.15, 0.2) is 48.7 Å². The standard InChI is InChI=1S/C22H17N5O4S/c28-18(12-27-20(30)13-5-1-2-6-14(13)21(27)31)26-10-8-15-17(11-26)32-22(24-15)25-19(29)16-7-3-4-9-23-16/h1-7,9H,8,10-12H2,(H,24,25,29). The third-order valence-electron chi connectivity index (χ3n) is 5.37. The van der Waals surface area contributed by atoms with Crippen LogP contribution in [-0.2, 0) is 17.8 Å². The van der Waals surface area contributed by atoms with Crippen molar-refractivity contribution in [1.82, 2.24) is 19.8 Å². The van der Waals surface area contributed by atoms with Gasteiger partial charge >= 0.3 is 0 Å². The minimum atomic E-state index is -0.450. The van der Waals surface area contributed by atoms with Crippen molar-refractivity contribution in [3.63, 3.8) is 0 Å². The summed E-state index contributed by atoms with van der Waals surface area (Å²) in [4.78, 5) is 62.2. The monoisotopic (exact) mass is 447 g/mol. The van der Waals surface area contributed by atoms with Crippen molar-refractivity contribution in [2.45, 2.75) is 13.0 Å². The van der Waals surface area contributed by atoms with Crippen molar-refractivity contribution in [1.29, 1.82) is 0 Å². The maximum atomic E-state index is 12.9. The number of benzene rings is 1. The molecule has 0 unspecified atom stereocenters. The van der Waals surface area contributed by atoms with E-state index in [-0.39, 0.29) is 18.4 Å². The molecule has 0 saturated heterocycles. The Bertz CT molecular complexity index is 1220. The first-order valence-electron chi connectivity index (χ1n) is 9.95. The number of amides is 4. The summed E-state index contributed by atoms with van der Waals surface area (Å²) in [6.45, 7) is 0.435. The number of aromatic nitrogens is 2. The van der Waals surface area contributed by atoms with Crippen molar-refractivity contribution in [2.75, 3.05) is 18.4 Å². The summed E-state index contributed by atoms with van der Waals surface area (Å²) in [5.41, 5.74) is 1.76. The van der Waals surface area contributed by atoms with Gasteiger partial charge in [-0.25, -0.2) is 4.98 Å². The van der Waals surface area contributed by atoms with Gasteiger partial charge in [0, 0.05) is 24.0 Å².